The molecule has 1 atom stereocenters. The van der Waals surface area contributed by atoms with Crippen LogP contribution in [0.15, 0.2) is 60.9 Å². The van der Waals surface area contributed by atoms with E-state index in [0.29, 0.717) is 10.8 Å². The van der Waals surface area contributed by atoms with Crippen LogP contribution in [0.25, 0.3) is 0 Å². The maximum Gasteiger partial charge on any atom is 0.423 e. The van der Waals surface area contributed by atoms with Gasteiger partial charge in [0.1, 0.15) is 5.75 Å². The van der Waals surface area contributed by atoms with Crippen LogP contribution >= 0.6 is 19.7 Å². The van der Waals surface area contributed by atoms with E-state index in [1.54, 1.807) is 16.8 Å². The van der Waals surface area contributed by atoms with Crippen molar-refractivity contribution in [1.82, 2.24) is 4.57 Å². The summed E-state index contributed by atoms with van der Waals surface area (Å²) in [5.74, 6) is 0.638. The van der Waals surface area contributed by atoms with Gasteiger partial charge in [0.25, 0.3) is 0 Å². The van der Waals surface area contributed by atoms with Crippen LogP contribution in [0.4, 0.5) is 16.2 Å². The molecular formula is C22H23ClN3O2P. The number of amides is 1. The second-order valence-electron chi connectivity index (χ2n) is 6.83. The number of halogens is 1. The van der Waals surface area contributed by atoms with E-state index < -0.39 is 8.07 Å². The summed E-state index contributed by atoms with van der Waals surface area (Å²) in [4.78, 5) is 15.4. The molecule has 0 saturated carbocycles. The van der Waals surface area contributed by atoms with Gasteiger partial charge in [0.15, 0.2) is 0 Å². The lowest BCUT2D eigenvalue weighted by molar-refractivity contribution is 0.211. The van der Waals surface area contributed by atoms with Crippen LogP contribution in [-0.2, 0) is 7.05 Å². The topological polar surface area (TPSA) is 37.7 Å². The Hall–Kier alpha value is -2.49. The molecule has 3 aromatic rings. The van der Waals surface area contributed by atoms with E-state index >= 15 is 0 Å². The largest absolute Gasteiger partial charge is 0.423 e. The van der Waals surface area contributed by atoms with E-state index in [2.05, 4.69) is 43.1 Å². The van der Waals surface area contributed by atoms with Crippen molar-refractivity contribution in [3.63, 3.8) is 0 Å². The molecule has 0 spiro atoms. The molecule has 0 fully saturated rings. The summed E-state index contributed by atoms with van der Waals surface area (Å²) in [6.45, 7) is 6.03. The molecule has 5 nitrogen and oxygen atoms in total. The van der Waals surface area contributed by atoms with Gasteiger partial charge in [0.2, 0.25) is 0 Å². The maximum absolute atomic E-state index is 13.1. The molecule has 0 N–H and O–H groups in total. The monoisotopic (exact) mass is 427 g/mol. The number of ether oxygens (including phenoxy) is 1. The fourth-order valence-corrected chi connectivity index (χ4v) is 6.00. The second kappa shape index (κ2) is 8.10. The van der Waals surface area contributed by atoms with Gasteiger partial charge >= 0.3 is 6.09 Å². The van der Waals surface area contributed by atoms with Crippen molar-refractivity contribution in [2.75, 3.05) is 22.7 Å². The van der Waals surface area contributed by atoms with Gasteiger partial charge in [0, 0.05) is 59.9 Å². The molecule has 7 heteroatoms. The SMILES string of the molecule is CCN(CC)c1ccc2c(c1)OC(=O)N(c1ccc(Cl)cc1)P2c1ccn(C)c1. The molecule has 1 aliphatic rings. The lowest BCUT2D eigenvalue weighted by atomic mass is 10.2. The highest BCUT2D eigenvalue weighted by molar-refractivity contribution is 7.75. The van der Waals surface area contributed by atoms with Gasteiger partial charge in [-0.25, -0.2) is 9.46 Å². The number of carbonyl (C=O) groups is 1. The van der Waals surface area contributed by atoms with Crippen LogP contribution in [0.3, 0.4) is 0 Å². The van der Waals surface area contributed by atoms with Crippen LogP contribution in [0, 0.1) is 0 Å². The quantitative estimate of drug-likeness (QED) is 0.544. The Morgan fingerprint density at radius 2 is 1.79 bits per heavy atom. The number of carbonyl (C=O) groups excluding carboxylic acids is 1. The highest BCUT2D eigenvalue weighted by Gasteiger charge is 2.37. The van der Waals surface area contributed by atoms with E-state index in [1.807, 2.05) is 36.0 Å². The third-order valence-corrected chi connectivity index (χ3v) is 7.63. The molecule has 1 unspecified atom stereocenters. The first-order valence-electron chi connectivity index (χ1n) is 9.60. The fourth-order valence-electron chi connectivity index (χ4n) is 3.54. The smallest absolute Gasteiger partial charge is 0.409 e. The number of anilines is 2. The first-order valence-corrected chi connectivity index (χ1v) is 11.3. The molecule has 2 heterocycles. The molecule has 0 bridgehead atoms. The molecule has 150 valence electrons. The number of benzene rings is 2. The minimum Gasteiger partial charge on any atom is -0.409 e. The Morgan fingerprint density at radius 3 is 2.41 bits per heavy atom. The molecule has 4 rings (SSSR count). The maximum atomic E-state index is 13.1. The molecule has 0 radical (unpaired) electrons. The van der Waals surface area contributed by atoms with E-state index in [9.17, 15) is 4.79 Å². The zero-order chi connectivity index (χ0) is 20.5. The Labute approximate surface area is 177 Å². The molecule has 29 heavy (non-hydrogen) atoms. The summed E-state index contributed by atoms with van der Waals surface area (Å²) >= 11 is 6.06. The third-order valence-electron chi connectivity index (χ3n) is 5.00. The summed E-state index contributed by atoms with van der Waals surface area (Å²) < 4.78 is 9.56. The van der Waals surface area contributed by atoms with Crippen LogP contribution in [0.2, 0.25) is 5.02 Å². The zero-order valence-electron chi connectivity index (χ0n) is 16.7. The fraction of sp³-hybridized carbons (Fsp3) is 0.227. The molecular weight excluding hydrogens is 405 g/mol. The summed E-state index contributed by atoms with van der Waals surface area (Å²) in [5.41, 5.74) is 1.83. The predicted octanol–water partition coefficient (Wildman–Crippen LogP) is 4.89. The molecule has 1 amide bonds. The van der Waals surface area contributed by atoms with Crippen molar-refractivity contribution in [3.05, 3.63) is 65.9 Å². The Bertz CT molecular complexity index is 1030. The summed E-state index contributed by atoms with van der Waals surface area (Å²) in [5, 5.41) is 2.75. The highest BCUT2D eigenvalue weighted by Crippen LogP contribution is 2.48. The van der Waals surface area contributed by atoms with Crippen molar-refractivity contribution in [2.45, 2.75) is 13.8 Å². The highest BCUT2D eigenvalue weighted by atomic mass is 35.5. The molecule has 0 aliphatic carbocycles. The standard InChI is InChI=1S/C22H23ClN3O2P/c1-4-25(5-2)18-10-11-21-20(14-18)28-22(27)26(17-8-6-16(23)7-9-17)29(21)19-12-13-24(3)15-19/h6-15H,4-5H2,1-3H3. The first kappa shape index (κ1) is 19.8. The van der Waals surface area contributed by atoms with Gasteiger partial charge in [-0.05, 0) is 56.3 Å². The molecule has 1 aromatic heterocycles. The first-order chi connectivity index (χ1) is 14.0. The van der Waals surface area contributed by atoms with Crippen LogP contribution in [0.1, 0.15) is 13.8 Å². The number of nitrogens with zero attached hydrogens (tertiary/aromatic N) is 3. The Kier molecular flexibility index (Phi) is 5.53. The van der Waals surface area contributed by atoms with Crippen LogP contribution in [-0.4, -0.2) is 23.7 Å². The summed E-state index contributed by atoms with van der Waals surface area (Å²) in [6.07, 6.45) is 3.70. The Balaban J connectivity index is 1.85. The zero-order valence-corrected chi connectivity index (χ0v) is 18.3. The lowest BCUT2D eigenvalue weighted by Gasteiger charge is -2.36. The number of hydrogen-bond donors (Lipinski definition) is 0. The summed E-state index contributed by atoms with van der Waals surface area (Å²) in [7, 11) is 0.870. The van der Waals surface area contributed by atoms with Gasteiger partial charge in [-0.15, -0.1) is 0 Å². The lowest BCUT2D eigenvalue weighted by Crippen LogP contribution is -2.41. The molecule has 2 aromatic carbocycles. The number of rotatable bonds is 5. The van der Waals surface area contributed by atoms with Crippen LogP contribution in [0.5, 0.6) is 5.75 Å². The van der Waals surface area contributed by atoms with Crippen LogP contribution < -0.4 is 24.9 Å². The third kappa shape index (κ3) is 3.73. The normalized spacial score (nSPS) is 15.8. The van der Waals surface area contributed by atoms with Crippen molar-refractivity contribution in [1.29, 1.82) is 0 Å². The minimum absolute atomic E-state index is 0.369. The van der Waals surface area contributed by atoms with Crippen molar-refractivity contribution < 1.29 is 9.53 Å². The van der Waals surface area contributed by atoms with Gasteiger partial charge in [0.05, 0.1) is 13.8 Å². The van der Waals surface area contributed by atoms with Gasteiger partial charge in [-0.1, -0.05) is 11.6 Å². The number of aryl methyl sites for hydroxylation is 1. The van der Waals surface area contributed by atoms with E-state index in [-0.39, 0.29) is 6.09 Å². The second-order valence-corrected chi connectivity index (χ2v) is 9.29. The molecule has 1 aliphatic heterocycles. The number of hydrogen-bond acceptors (Lipinski definition) is 3. The minimum atomic E-state index is -1.11. The average molecular weight is 428 g/mol. The van der Waals surface area contributed by atoms with E-state index in [4.69, 9.17) is 16.3 Å². The number of fused-ring (bicyclic) bond motifs is 1. The number of aromatic nitrogens is 1. The Morgan fingerprint density at radius 1 is 1.07 bits per heavy atom. The van der Waals surface area contributed by atoms with Crippen molar-refractivity contribution in [3.8, 4) is 5.75 Å². The van der Waals surface area contributed by atoms with Gasteiger partial charge in [-0.2, -0.15) is 0 Å². The van der Waals surface area contributed by atoms with Gasteiger partial charge < -0.3 is 14.2 Å². The van der Waals surface area contributed by atoms with Gasteiger partial charge in [-0.3, -0.25) is 0 Å². The average Bonchev–Trinajstić information content (AvgIpc) is 3.14. The predicted molar refractivity (Wildman–Crippen MR) is 122 cm³/mol. The van der Waals surface area contributed by atoms with Crippen molar-refractivity contribution >= 4 is 47.8 Å². The van der Waals surface area contributed by atoms with Crippen molar-refractivity contribution in [2.24, 2.45) is 7.05 Å². The summed E-state index contributed by atoms with van der Waals surface area (Å²) in [6, 6.07) is 15.6. The van der Waals surface area contributed by atoms with E-state index in [0.717, 1.165) is 35.1 Å². The van der Waals surface area contributed by atoms with E-state index in [1.165, 1.54) is 0 Å². The molecule has 0 saturated heterocycles.